The number of ether oxygens (including phenoxy) is 2. The predicted molar refractivity (Wildman–Crippen MR) is 112 cm³/mol. The van der Waals surface area contributed by atoms with Crippen molar-refractivity contribution in [2.75, 3.05) is 39.5 Å². The Balaban J connectivity index is 1.21. The zero-order valence-corrected chi connectivity index (χ0v) is 17.2. The second kappa shape index (κ2) is 9.48. The molecule has 2 aromatic rings. The molecule has 2 aromatic carbocycles. The van der Waals surface area contributed by atoms with Crippen molar-refractivity contribution in [3.8, 4) is 11.5 Å². The molecule has 0 spiro atoms. The summed E-state index contributed by atoms with van der Waals surface area (Å²) in [6.07, 6.45) is 1.06. The lowest BCUT2D eigenvalue weighted by molar-refractivity contribution is -0.122. The van der Waals surface area contributed by atoms with Gasteiger partial charge < -0.3 is 14.8 Å². The fourth-order valence-corrected chi connectivity index (χ4v) is 3.83. The van der Waals surface area contributed by atoms with Gasteiger partial charge in [-0.25, -0.2) is 0 Å². The van der Waals surface area contributed by atoms with Crippen molar-refractivity contribution in [1.82, 2.24) is 15.1 Å². The summed E-state index contributed by atoms with van der Waals surface area (Å²) in [4.78, 5) is 17.1. The molecule has 1 fully saturated rings. The van der Waals surface area contributed by atoms with E-state index in [1.165, 1.54) is 5.56 Å². The molecule has 0 unspecified atom stereocenters. The number of nitrogens with one attached hydrogen (secondary N) is 1. The van der Waals surface area contributed by atoms with Gasteiger partial charge in [0.05, 0.1) is 6.54 Å². The average molecular weight is 416 g/mol. The normalized spacial score (nSPS) is 17.1. The van der Waals surface area contributed by atoms with Crippen LogP contribution in [0.25, 0.3) is 0 Å². The van der Waals surface area contributed by atoms with Gasteiger partial charge in [0.15, 0.2) is 11.5 Å². The quantitative estimate of drug-likeness (QED) is 0.786. The summed E-state index contributed by atoms with van der Waals surface area (Å²) in [6, 6.07) is 13.8. The summed E-state index contributed by atoms with van der Waals surface area (Å²) in [6.45, 7) is 5.93. The van der Waals surface area contributed by atoms with Crippen LogP contribution < -0.4 is 14.8 Å². The van der Waals surface area contributed by atoms with E-state index < -0.39 is 0 Å². The third-order valence-corrected chi connectivity index (χ3v) is 5.55. The van der Waals surface area contributed by atoms with E-state index in [9.17, 15) is 4.79 Å². The van der Waals surface area contributed by atoms with Crippen LogP contribution in [0.3, 0.4) is 0 Å². The summed E-state index contributed by atoms with van der Waals surface area (Å²) in [7, 11) is 0. The SMILES string of the molecule is O=C(CN1CCCN(Cc2ccc(Cl)cc2)CC1)NCc1ccc2c(c1)OCO2. The number of hydrogen-bond acceptors (Lipinski definition) is 5. The number of rotatable bonds is 6. The zero-order valence-electron chi connectivity index (χ0n) is 16.4. The van der Waals surface area contributed by atoms with Crippen LogP contribution in [0.2, 0.25) is 5.02 Å². The molecular formula is C22H26ClN3O3. The molecule has 2 aliphatic rings. The van der Waals surface area contributed by atoms with Crippen molar-refractivity contribution < 1.29 is 14.3 Å². The van der Waals surface area contributed by atoms with Crippen molar-refractivity contribution in [2.45, 2.75) is 19.5 Å². The van der Waals surface area contributed by atoms with Crippen molar-refractivity contribution in [3.63, 3.8) is 0 Å². The maximum Gasteiger partial charge on any atom is 0.234 e. The molecule has 7 heteroatoms. The van der Waals surface area contributed by atoms with E-state index in [1.807, 2.05) is 30.3 Å². The van der Waals surface area contributed by atoms with Crippen LogP contribution >= 0.6 is 11.6 Å². The summed E-state index contributed by atoms with van der Waals surface area (Å²) in [5.41, 5.74) is 2.27. The fraction of sp³-hybridized carbons (Fsp3) is 0.409. The lowest BCUT2D eigenvalue weighted by Gasteiger charge is -2.21. The van der Waals surface area contributed by atoms with Gasteiger partial charge in [0.2, 0.25) is 12.7 Å². The van der Waals surface area contributed by atoms with Gasteiger partial charge in [0.1, 0.15) is 0 Å². The minimum Gasteiger partial charge on any atom is -0.454 e. The number of carbonyl (C=O) groups excluding carboxylic acids is 1. The molecule has 2 heterocycles. The molecule has 0 atom stereocenters. The molecule has 0 radical (unpaired) electrons. The van der Waals surface area contributed by atoms with Crippen molar-refractivity contribution >= 4 is 17.5 Å². The number of carbonyl (C=O) groups is 1. The van der Waals surface area contributed by atoms with Crippen LogP contribution in [-0.2, 0) is 17.9 Å². The third-order valence-electron chi connectivity index (χ3n) is 5.29. The van der Waals surface area contributed by atoms with E-state index in [2.05, 4.69) is 27.2 Å². The molecule has 1 saturated heterocycles. The number of nitrogens with zero attached hydrogens (tertiary/aromatic N) is 2. The Bertz CT molecular complexity index is 844. The first-order valence-electron chi connectivity index (χ1n) is 10.00. The highest BCUT2D eigenvalue weighted by atomic mass is 35.5. The second-order valence-corrected chi connectivity index (χ2v) is 7.93. The van der Waals surface area contributed by atoms with E-state index >= 15 is 0 Å². The number of amides is 1. The topological polar surface area (TPSA) is 54.0 Å². The predicted octanol–water partition coefficient (Wildman–Crippen LogP) is 2.89. The first-order chi connectivity index (χ1) is 14.2. The Morgan fingerprint density at radius 2 is 1.66 bits per heavy atom. The first-order valence-corrected chi connectivity index (χ1v) is 10.4. The first kappa shape index (κ1) is 20.0. The number of fused-ring (bicyclic) bond motifs is 1. The molecule has 2 aliphatic heterocycles. The van der Waals surface area contributed by atoms with E-state index in [0.29, 0.717) is 13.1 Å². The molecule has 0 aliphatic carbocycles. The van der Waals surface area contributed by atoms with E-state index in [4.69, 9.17) is 21.1 Å². The minimum absolute atomic E-state index is 0.0498. The molecule has 4 rings (SSSR count). The molecule has 1 amide bonds. The maximum atomic E-state index is 12.4. The van der Waals surface area contributed by atoms with E-state index in [-0.39, 0.29) is 12.7 Å². The highest BCUT2D eigenvalue weighted by Crippen LogP contribution is 2.32. The van der Waals surface area contributed by atoms with E-state index in [0.717, 1.165) is 61.2 Å². The molecule has 0 bridgehead atoms. The van der Waals surface area contributed by atoms with Crippen molar-refractivity contribution in [1.29, 1.82) is 0 Å². The van der Waals surface area contributed by atoms with Crippen molar-refractivity contribution in [2.24, 2.45) is 0 Å². The van der Waals surface area contributed by atoms with Gasteiger partial charge in [-0.3, -0.25) is 14.6 Å². The summed E-state index contributed by atoms with van der Waals surface area (Å²) < 4.78 is 10.7. The van der Waals surface area contributed by atoms with Gasteiger partial charge in [-0.15, -0.1) is 0 Å². The number of benzene rings is 2. The second-order valence-electron chi connectivity index (χ2n) is 7.50. The molecule has 0 saturated carbocycles. The molecule has 154 valence electrons. The van der Waals surface area contributed by atoms with Gasteiger partial charge in [-0.1, -0.05) is 29.8 Å². The van der Waals surface area contributed by atoms with Gasteiger partial charge in [-0.2, -0.15) is 0 Å². The van der Waals surface area contributed by atoms with Crippen LogP contribution in [0.1, 0.15) is 17.5 Å². The van der Waals surface area contributed by atoms with Crippen LogP contribution in [0.4, 0.5) is 0 Å². The Morgan fingerprint density at radius 3 is 2.52 bits per heavy atom. The van der Waals surface area contributed by atoms with Gasteiger partial charge in [-0.05, 0) is 54.9 Å². The number of hydrogen-bond donors (Lipinski definition) is 1. The van der Waals surface area contributed by atoms with Crippen LogP contribution in [0, 0.1) is 0 Å². The summed E-state index contributed by atoms with van der Waals surface area (Å²) >= 11 is 5.97. The standard InChI is InChI=1S/C22H26ClN3O3/c23-19-5-2-17(3-6-19)14-25-8-1-9-26(11-10-25)15-22(27)24-13-18-4-7-20-21(12-18)29-16-28-20/h2-7,12H,1,8-11,13-16H2,(H,24,27). The highest BCUT2D eigenvalue weighted by Gasteiger charge is 2.18. The summed E-state index contributed by atoms with van der Waals surface area (Å²) in [5, 5.41) is 3.78. The smallest absolute Gasteiger partial charge is 0.234 e. The average Bonchev–Trinajstić information content (AvgIpc) is 3.09. The molecule has 0 aromatic heterocycles. The van der Waals surface area contributed by atoms with Gasteiger partial charge in [0, 0.05) is 31.2 Å². The van der Waals surface area contributed by atoms with E-state index in [1.54, 1.807) is 0 Å². The molecule has 29 heavy (non-hydrogen) atoms. The fourth-order valence-electron chi connectivity index (χ4n) is 3.70. The van der Waals surface area contributed by atoms with Crippen LogP contribution in [0.5, 0.6) is 11.5 Å². The molecule has 1 N–H and O–H groups in total. The summed E-state index contributed by atoms with van der Waals surface area (Å²) in [5.74, 6) is 1.55. The lowest BCUT2D eigenvalue weighted by atomic mass is 10.2. The van der Waals surface area contributed by atoms with Crippen molar-refractivity contribution in [3.05, 3.63) is 58.6 Å². The lowest BCUT2D eigenvalue weighted by Crippen LogP contribution is -2.39. The van der Waals surface area contributed by atoms with Crippen LogP contribution in [0.15, 0.2) is 42.5 Å². The van der Waals surface area contributed by atoms with Crippen LogP contribution in [-0.4, -0.2) is 55.2 Å². The highest BCUT2D eigenvalue weighted by molar-refractivity contribution is 6.30. The van der Waals surface area contributed by atoms with Gasteiger partial charge in [0.25, 0.3) is 0 Å². The zero-order chi connectivity index (χ0) is 20.1. The third kappa shape index (κ3) is 5.63. The monoisotopic (exact) mass is 415 g/mol. The Kier molecular flexibility index (Phi) is 6.54. The largest absolute Gasteiger partial charge is 0.454 e. The Hall–Kier alpha value is -2.28. The molecule has 6 nitrogen and oxygen atoms in total. The minimum atomic E-state index is 0.0498. The number of halogens is 1. The Morgan fingerprint density at radius 1 is 0.931 bits per heavy atom. The van der Waals surface area contributed by atoms with Gasteiger partial charge >= 0.3 is 0 Å². The Labute approximate surface area is 176 Å². The molecular weight excluding hydrogens is 390 g/mol. The maximum absolute atomic E-state index is 12.4.